The Bertz CT molecular complexity index is 999. The minimum Gasteiger partial charge on any atom is -0.494 e. The number of ether oxygens (including phenoxy) is 2. The number of aldehydes is 1. The van der Waals surface area contributed by atoms with Crippen molar-refractivity contribution in [3.8, 4) is 11.5 Å². The molecule has 0 saturated carbocycles. The van der Waals surface area contributed by atoms with Crippen LogP contribution in [-0.4, -0.2) is 49.5 Å². The van der Waals surface area contributed by atoms with Crippen LogP contribution in [0.2, 0.25) is 0 Å². The fourth-order valence-corrected chi connectivity index (χ4v) is 3.83. The molecule has 6 nitrogen and oxygen atoms in total. The van der Waals surface area contributed by atoms with E-state index in [0.717, 1.165) is 54.2 Å². The standard InChI is InChI=1S/C19H24O3.C4H8S.CHF3O3S/c1-3-5-11-21-16-8-9-17-18(13-16)15(14-20)7-10-19(17)22-12-6-4-2;1-2-4-5-3-1;2-1(3,4)8(5,6)7/h7-10,13-14H,3-6,11-12H2,1-2H3;1-4H2;(H,5,6,7). The summed E-state index contributed by atoms with van der Waals surface area (Å²) in [5, 5.41) is 1.85. The van der Waals surface area contributed by atoms with Crippen molar-refractivity contribution in [2.45, 2.75) is 57.9 Å². The molecule has 0 atom stereocenters. The Morgan fingerprint density at radius 3 is 2.00 bits per heavy atom. The summed E-state index contributed by atoms with van der Waals surface area (Å²) in [4.78, 5) is 11.3. The summed E-state index contributed by atoms with van der Waals surface area (Å²) in [7, 11) is -5.84. The zero-order chi connectivity index (χ0) is 26.3. The van der Waals surface area contributed by atoms with E-state index < -0.39 is 15.6 Å². The van der Waals surface area contributed by atoms with Gasteiger partial charge in [0.05, 0.1) is 13.2 Å². The molecule has 1 aliphatic rings. The summed E-state index contributed by atoms with van der Waals surface area (Å²) in [6, 6.07) is 9.54. The van der Waals surface area contributed by atoms with Gasteiger partial charge in [-0.1, -0.05) is 26.7 Å². The predicted molar refractivity (Wildman–Crippen MR) is 134 cm³/mol. The predicted octanol–water partition coefficient (Wildman–Crippen LogP) is 6.92. The van der Waals surface area contributed by atoms with Gasteiger partial charge in [-0.3, -0.25) is 9.35 Å². The fourth-order valence-electron chi connectivity index (χ4n) is 2.81. The van der Waals surface area contributed by atoms with Crippen LogP contribution >= 0.6 is 11.8 Å². The first-order valence-electron chi connectivity index (χ1n) is 11.4. The number of thioether (sulfide) groups is 1. The van der Waals surface area contributed by atoms with Crippen molar-refractivity contribution in [1.29, 1.82) is 0 Å². The van der Waals surface area contributed by atoms with Gasteiger partial charge in [0.2, 0.25) is 0 Å². The number of alkyl halides is 3. The Balaban J connectivity index is 0.000000384. The second-order valence-corrected chi connectivity index (χ2v) is 10.3. The maximum absolute atomic E-state index is 11.3. The summed E-state index contributed by atoms with van der Waals surface area (Å²) in [5.41, 5.74) is -4.87. The van der Waals surface area contributed by atoms with Gasteiger partial charge in [0.15, 0.2) is 6.29 Å². The van der Waals surface area contributed by atoms with Gasteiger partial charge in [-0.05, 0) is 72.9 Å². The Kier molecular flexibility index (Phi) is 14.1. The highest BCUT2D eigenvalue weighted by molar-refractivity contribution is 7.99. The van der Waals surface area contributed by atoms with Crippen LogP contribution in [-0.2, 0) is 10.1 Å². The number of benzene rings is 2. The minimum absolute atomic E-state index is 0.666. The fraction of sp³-hybridized carbons (Fsp3) is 0.542. The smallest absolute Gasteiger partial charge is 0.494 e. The maximum atomic E-state index is 11.3. The molecular formula is C24H33F3O6S2. The topological polar surface area (TPSA) is 89.9 Å². The first kappa shape index (κ1) is 31.1. The SMILES string of the molecule is C1CCSC1.CCCCOc1ccc2c(OCCCC)ccc(C=O)c2c1.O=S(=O)(O)C(F)(F)F. The zero-order valence-electron chi connectivity index (χ0n) is 20.0. The maximum Gasteiger partial charge on any atom is 0.522 e. The number of rotatable bonds is 9. The summed E-state index contributed by atoms with van der Waals surface area (Å²) in [6.45, 7) is 5.66. The average molecular weight is 539 g/mol. The molecule has 0 radical (unpaired) electrons. The number of carbonyl (C=O) groups is 1. The quantitative estimate of drug-likeness (QED) is 0.160. The Labute approximate surface area is 209 Å². The van der Waals surface area contributed by atoms with Crippen LogP contribution < -0.4 is 9.47 Å². The van der Waals surface area contributed by atoms with Crippen molar-refractivity contribution < 1.29 is 40.4 Å². The van der Waals surface area contributed by atoms with E-state index >= 15 is 0 Å². The van der Waals surface area contributed by atoms with Gasteiger partial charge in [0.1, 0.15) is 11.5 Å². The summed E-state index contributed by atoms with van der Waals surface area (Å²) in [5.74, 6) is 4.46. The summed E-state index contributed by atoms with van der Waals surface area (Å²) < 4.78 is 69.1. The van der Waals surface area contributed by atoms with Crippen molar-refractivity contribution in [1.82, 2.24) is 0 Å². The van der Waals surface area contributed by atoms with E-state index in [4.69, 9.17) is 22.4 Å². The van der Waals surface area contributed by atoms with Gasteiger partial charge in [-0.25, -0.2) is 0 Å². The van der Waals surface area contributed by atoms with E-state index in [1.165, 1.54) is 24.3 Å². The number of fused-ring (bicyclic) bond motifs is 1. The number of hydrogen-bond donors (Lipinski definition) is 1. The van der Waals surface area contributed by atoms with Gasteiger partial charge in [-0.2, -0.15) is 33.4 Å². The third-order valence-corrected chi connectivity index (χ3v) is 6.49. The van der Waals surface area contributed by atoms with Crippen molar-refractivity contribution in [3.05, 3.63) is 35.9 Å². The lowest BCUT2D eigenvalue weighted by Crippen LogP contribution is -2.21. The second-order valence-electron chi connectivity index (χ2n) is 7.62. The van der Waals surface area contributed by atoms with Crippen LogP contribution in [0.15, 0.2) is 30.3 Å². The van der Waals surface area contributed by atoms with E-state index in [9.17, 15) is 18.0 Å². The lowest BCUT2D eigenvalue weighted by atomic mass is 10.0. The van der Waals surface area contributed by atoms with Crippen LogP contribution in [0.3, 0.4) is 0 Å². The van der Waals surface area contributed by atoms with Crippen LogP contribution in [0.1, 0.15) is 62.7 Å². The molecule has 1 N–H and O–H groups in total. The van der Waals surface area contributed by atoms with Crippen LogP contribution in [0.5, 0.6) is 11.5 Å². The molecular weight excluding hydrogens is 505 g/mol. The molecule has 1 aliphatic heterocycles. The van der Waals surface area contributed by atoms with Gasteiger partial charge in [0, 0.05) is 10.9 Å². The first-order valence-corrected chi connectivity index (χ1v) is 14.0. The number of halogens is 3. The Hall–Kier alpha value is -1.98. The molecule has 0 spiro atoms. The molecule has 0 aliphatic carbocycles. The van der Waals surface area contributed by atoms with Crippen molar-refractivity contribution in [3.63, 3.8) is 0 Å². The Morgan fingerprint density at radius 1 is 0.971 bits per heavy atom. The lowest BCUT2D eigenvalue weighted by Gasteiger charge is -2.12. The second kappa shape index (κ2) is 15.9. The van der Waals surface area contributed by atoms with E-state index in [1.807, 2.05) is 30.3 Å². The Morgan fingerprint density at radius 2 is 1.54 bits per heavy atom. The van der Waals surface area contributed by atoms with E-state index in [1.54, 1.807) is 0 Å². The third kappa shape index (κ3) is 11.5. The van der Waals surface area contributed by atoms with Crippen LogP contribution in [0.25, 0.3) is 10.8 Å². The highest BCUT2D eigenvalue weighted by atomic mass is 32.2. The van der Waals surface area contributed by atoms with Gasteiger partial charge < -0.3 is 9.47 Å². The average Bonchev–Trinajstić information content (AvgIpc) is 3.39. The van der Waals surface area contributed by atoms with Crippen molar-refractivity contribution in [2.24, 2.45) is 0 Å². The number of hydrogen-bond acceptors (Lipinski definition) is 6. The normalized spacial score (nSPS) is 13.3. The molecule has 0 bridgehead atoms. The van der Waals surface area contributed by atoms with Crippen molar-refractivity contribution in [2.75, 3.05) is 24.7 Å². The highest BCUT2D eigenvalue weighted by Gasteiger charge is 2.44. The summed E-state index contributed by atoms with van der Waals surface area (Å²) in [6.07, 6.45) is 8.06. The number of carbonyl (C=O) groups excluding carboxylic acids is 1. The van der Waals surface area contributed by atoms with E-state index in [0.29, 0.717) is 18.8 Å². The van der Waals surface area contributed by atoms with E-state index in [2.05, 4.69) is 25.6 Å². The molecule has 3 rings (SSSR count). The summed E-state index contributed by atoms with van der Waals surface area (Å²) >= 11 is 2.07. The van der Waals surface area contributed by atoms with Crippen LogP contribution in [0, 0.1) is 0 Å². The molecule has 0 unspecified atom stereocenters. The molecule has 198 valence electrons. The van der Waals surface area contributed by atoms with Crippen molar-refractivity contribution >= 4 is 38.9 Å². The molecule has 1 heterocycles. The molecule has 0 aromatic heterocycles. The van der Waals surface area contributed by atoms with E-state index in [-0.39, 0.29) is 0 Å². The molecule has 0 amide bonds. The zero-order valence-corrected chi connectivity index (χ0v) is 21.6. The molecule has 2 aromatic carbocycles. The molecule has 2 aromatic rings. The molecule has 1 saturated heterocycles. The third-order valence-electron chi connectivity index (χ3n) is 4.75. The molecule has 35 heavy (non-hydrogen) atoms. The van der Waals surface area contributed by atoms with Gasteiger partial charge >= 0.3 is 15.6 Å². The number of unbranched alkanes of at least 4 members (excludes halogenated alkanes) is 2. The van der Waals surface area contributed by atoms with Gasteiger partial charge in [0.25, 0.3) is 0 Å². The largest absolute Gasteiger partial charge is 0.522 e. The monoisotopic (exact) mass is 538 g/mol. The lowest BCUT2D eigenvalue weighted by molar-refractivity contribution is -0.0510. The molecule has 11 heteroatoms. The molecule has 1 fully saturated rings. The minimum atomic E-state index is -5.84. The van der Waals surface area contributed by atoms with Gasteiger partial charge in [-0.15, -0.1) is 0 Å². The highest BCUT2D eigenvalue weighted by Crippen LogP contribution is 2.31. The van der Waals surface area contributed by atoms with Crippen LogP contribution in [0.4, 0.5) is 13.2 Å². The first-order chi connectivity index (χ1) is 16.5.